The third kappa shape index (κ3) is 5.07. The topological polar surface area (TPSA) is 91.3 Å². The lowest BCUT2D eigenvalue weighted by Crippen LogP contribution is -2.33. The van der Waals surface area contributed by atoms with Crippen LogP contribution < -0.4 is 10.2 Å². The summed E-state index contributed by atoms with van der Waals surface area (Å²) in [4.78, 5) is 42.1. The van der Waals surface area contributed by atoms with Crippen LogP contribution in [-0.2, 0) is 11.2 Å². The molecule has 1 fully saturated rings. The Morgan fingerprint density at radius 1 is 1.31 bits per heavy atom. The van der Waals surface area contributed by atoms with Gasteiger partial charge in [0.05, 0.1) is 17.7 Å². The van der Waals surface area contributed by atoms with E-state index in [1.54, 1.807) is 18.6 Å². The third-order valence-electron chi connectivity index (χ3n) is 4.88. The van der Waals surface area contributed by atoms with Crippen molar-refractivity contribution < 1.29 is 9.59 Å². The minimum atomic E-state index is -0.180. The van der Waals surface area contributed by atoms with E-state index in [4.69, 9.17) is 0 Å². The number of rotatable bonds is 6. The molecule has 2 amide bonds. The van der Waals surface area contributed by atoms with Gasteiger partial charge in [-0.05, 0) is 31.9 Å². The van der Waals surface area contributed by atoms with Crippen molar-refractivity contribution in [1.29, 1.82) is 0 Å². The van der Waals surface area contributed by atoms with Gasteiger partial charge in [0.2, 0.25) is 11.9 Å². The van der Waals surface area contributed by atoms with E-state index < -0.39 is 0 Å². The number of carbonyl (C=O) groups excluding carboxylic acids is 2. The molecule has 3 rings (SSSR count). The zero-order valence-electron chi connectivity index (χ0n) is 17.4. The maximum Gasteiger partial charge on any atom is 0.254 e. The van der Waals surface area contributed by atoms with E-state index in [-0.39, 0.29) is 23.8 Å². The molecule has 1 aliphatic rings. The summed E-state index contributed by atoms with van der Waals surface area (Å²) in [5.74, 6) is 0.444. The summed E-state index contributed by atoms with van der Waals surface area (Å²) in [5, 5.41) is 2.92. The average molecular weight is 396 g/mol. The van der Waals surface area contributed by atoms with Gasteiger partial charge in [-0.2, -0.15) is 0 Å². The smallest absolute Gasteiger partial charge is 0.254 e. The highest BCUT2D eigenvalue weighted by Gasteiger charge is 2.31. The molecule has 0 aromatic carbocycles. The molecule has 0 bridgehead atoms. The molecule has 1 atom stereocenters. The van der Waals surface area contributed by atoms with Gasteiger partial charge in [0.1, 0.15) is 0 Å². The molecular weight excluding hydrogens is 368 g/mol. The lowest BCUT2D eigenvalue weighted by Gasteiger charge is -2.20. The van der Waals surface area contributed by atoms with Crippen LogP contribution in [0.15, 0.2) is 30.7 Å². The molecule has 0 aliphatic carbocycles. The largest absolute Gasteiger partial charge is 0.350 e. The van der Waals surface area contributed by atoms with Gasteiger partial charge in [0.25, 0.3) is 5.91 Å². The summed E-state index contributed by atoms with van der Waals surface area (Å²) in [6, 6.07) is 3.75. The Labute approximate surface area is 171 Å². The third-order valence-corrected chi connectivity index (χ3v) is 4.88. The fourth-order valence-electron chi connectivity index (χ4n) is 3.43. The second kappa shape index (κ2) is 8.98. The molecule has 3 heterocycles. The van der Waals surface area contributed by atoms with Crippen LogP contribution in [-0.4, -0.2) is 64.9 Å². The number of nitrogens with one attached hydrogen (secondary N) is 1. The molecule has 2 aromatic heterocycles. The molecule has 8 nitrogen and oxygen atoms in total. The molecule has 1 aliphatic heterocycles. The minimum absolute atomic E-state index is 0.00228. The summed E-state index contributed by atoms with van der Waals surface area (Å²) in [6.45, 7) is 5.03. The highest BCUT2D eigenvalue weighted by Crippen LogP contribution is 2.29. The Morgan fingerprint density at radius 2 is 2.10 bits per heavy atom. The van der Waals surface area contributed by atoms with Crippen molar-refractivity contribution in [2.24, 2.45) is 0 Å². The van der Waals surface area contributed by atoms with Crippen molar-refractivity contribution in [3.8, 4) is 0 Å². The summed E-state index contributed by atoms with van der Waals surface area (Å²) in [7, 11) is 3.73. The second-order valence-electron chi connectivity index (χ2n) is 7.85. The van der Waals surface area contributed by atoms with E-state index in [9.17, 15) is 9.59 Å². The number of pyridine rings is 1. The summed E-state index contributed by atoms with van der Waals surface area (Å²) < 4.78 is 0. The molecule has 0 saturated carbocycles. The van der Waals surface area contributed by atoms with Gasteiger partial charge in [-0.1, -0.05) is 6.07 Å². The molecule has 154 valence electrons. The van der Waals surface area contributed by atoms with Crippen molar-refractivity contribution in [2.75, 3.05) is 32.1 Å². The van der Waals surface area contributed by atoms with Gasteiger partial charge in [-0.3, -0.25) is 14.6 Å². The van der Waals surface area contributed by atoms with Gasteiger partial charge in [-0.25, -0.2) is 9.97 Å². The van der Waals surface area contributed by atoms with Crippen LogP contribution in [0.3, 0.4) is 0 Å². The van der Waals surface area contributed by atoms with Gasteiger partial charge >= 0.3 is 0 Å². The maximum absolute atomic E-state index is 12.7. The van der Waals surface area contributed by atoms with Crippen molar-refractivity contribution in [2.45, 2.75) is 38.6 Å². The molecule has 0 radical (unpaired) electrons. The van der Waals surface area contributed by atoms with E-state index in [1.807, 2.05) is 49.9 Å². The Kier molecular flexibility index (Phi) is 6.41. The number of nitrogens with zero attached hydrogens (tertiary/aromatic N) is 5. The molecule has 0 spiro atoms. The van der Waals surface area contributed by atoms with Gasteiger partial charge < -0.3 is 15.1 Å². The number of likely N-dealkylation sites (tertiary alicyclic amines) is 1. The highest BCUT2D eigenvalue weighted by molar-refractivity contribution is 5.95. The number of aromatic nitrogens is 3. The first kappa shape index (κ1) is 20.7. The van der Waals surface area contributed by atoms with Crippen LogP contribution in [0.2, 0.25) is 0 Å². The zero-order valence-corrected chi connectivity index (χ0v) is 17.4. The lowest BCUT2D eigenvalue weighted by molar-refractivity contribution is -0.129. The van der Waals surface area contributed by atoms with Gasteiger partial charge in [-0.15, -0.1) is 0 Å². The van der Waals surface area contributed by atoms with E-state index in [0.717, 1.165) is 12.0 Å². The van der Waals surface area contributed by atoms with Gasteiger partial charge in [0, 0.05) is 57.7 Å². The van der Waals surface area contributed by atoms with E-state index in [1.165, 1.54) is 0 Å². The van der Waals surface area contributed by atoms with Crippen LogP contribution in [0.25, 0.3) is 0 Å². The molecule has 29 heavy (non-hydrogen) atoms. The Balaban J connectivity index is 1.79. The van der Waals surface area contributed by atoms with E-state index >= 15 is 0 Å². The lowest BCUT2D eigenvalue weighted by atomic mass is 9.99. The zero-order chi connectivity index (χ0) is 21.0. The average Bonchev–Trinajstić information content (AvgIpc) is 3.18. The molecule has 2 aromatic rings. The fraction of sp³-hybridized carbons (Fsp3) is 0.476. The molecule has 1 unspecified atom stereocenters. The van der Waals surface area contributed by atoms with Crippen molar-refractivity contribution >= 4 is 17.8 Å². The van der Waals surface area contributed by atoms with Crippen LogP contribution in [0.1, 0.15) is 47.8 Å². The van der Waals surface area contributed by atoms with E-state index in [2.05, 4.69) is 20.3 Å². The minimum Gasteiger partial charge on any atom is -0.350 e. The van der Waals surface area contributed by atoms with Gasteiger partial charge in [0.15, 0.2) is 0 Å². The maximum atomic E-state index is 12.7. The van der Waals surface area contributed by atoms with Crippen LogP contribution >= 0.6 is 0 Å². The summed E-state index contributed by atoms with van der Waals surface area (Å²) in [6.07, 6.45) is 6.10. The SMILES string of the molecule is CC(C)NC(=O)c1cnc(N(C)C)nc1C1CCN(C(=O)Cc2cccnc2)C1. The molecular formula is C21H28N6O2. The predicted molar refractivity (Wildman–Crippen MR) is 111 cm³/mol. The first-order chi connectivity index (χ1) is 13.8. The fourth-order valence-corrected chi connectivity index (χ4v) is 3.43. The van der Waals surface area contributed by atoms with Crippen molar-refractivity contribution in [3.05, 3.63) is 47.5 Å². The standard InChI is InChI=1S/C21H28N6O2/c1-14(2)24-20(29)17-12-23-21(26(3)4)25-19(17)16-7-9-27(13-16)18(28)10-15-6-5-8-22-11-15/h5-6,8,11-12,14,16H,7,9-10,13H2,1-4H3,(H,24,29). The van der Waals surface area contributed by atoms with Crippen LogP contribution in [0.5, 0.6) is 0 Å². The Morgan fingerprint density at radius 3 is 2.76 bits per heavy atom. The second-order valence-corrected chi connectivity index (χ2v) is 7.85. The molecule has 1 saturated heterocycles. The first-order valence-corrected chi connectivity index (χ1v) is 9.87. The number of carbonyl (C=O) groups is 2. The highest BCUT2D eigenvalue weighted by atomic mass is 16.2. The van der Waals surface area contributed by atoms with Crippen molar-refractivity contribution in [1.82, 2.24) is 25.2 Å². The normalized spacial score (nSPS) is 16.2. The molecule has 8 heteroatoms. The Hall–Kier alpha value is -3.03. The predicted octanol–water partition coefficient (Wildman–Crippen LogP) is 1.63. The number of hydrogen-bond donors (Lipinski definition) is 1. The van der Waals surface area contributed by atoms with Crippen molar-refractivity contribution in [3.63, 3.8) is 0 Å². The Bertz CT molecular complexity index is 869. The van der Waals surface area contributed by atoms with E-state index in [0.29, 0.717) is 36.7 Å². The quantitative estimate of drug-likeness (QED) is 0.798. The van der Waals surface area contributed by atoms with Crippen LogP contribution in [0, 0.1) is 0 Å². The number of hydrogen-bond acceptors (Lipinski definition) is 6. The number of amides is 2. The summed E-state index contributed by atoms with van der Waals surface area (Å²) in [5.41, 5.74) is 2.09. The monoisotopic (exact) mass is 396 g/mol. The summed E-state index contributed by atoms with van der Waals surface area (Å²) >= 11 is 0. The first-order valence-electron chi connectivity index (χ1n) is 9.87. The van der Waals surface area contributed by atoms with Crippen LogP contribution in [0.4, 0.5) is 5.95 Å². The molecule has 1 N–H and O–H groups in total. The number of anilines is 1.